The number of rotatable bonds is 3. The van der Waals surface area contributed by atoms with Crippen LogP contribution in [0.2, 0.25) is 0 Å². The number of pyridine rings is 1. The zero-order valence-electron chi connectivity index (χ0n) is 12.3. The van der Waals surface area contributed by atoms with E-state index in [1.54, 1.807) is 24.4 Å². The van der Waals surface area contributed by atoms with Crippen LogP contribution < -0.4 is 5.73 Å². The number of alkyl halides is 3. The molecule has 0 aliphatic rings. The average molecular weight is 372 g/mol. The third-order valence-corrected chi connectivity index (χ3v) is 5.21. The Labute approximate surface area is 142 Å². The van der Waals surface area contributed by atoms with Crippen molar-refractivity contribution in [2.24, 2.45) is 0 Å². The van der Waals surface area contributed by atoms with E-state index in [-0.39, 0.29) is 33.1 Å². The lowest BCUT2D eigenvalue weighted by Gasteiger charge is -2.10. The number of nitrogen functional groups attached to an aromatic ring is 1. The summed E-state index contributed by atoms with van der Waals surface area (Å²) in [5.41, 5.74) is 4.86. The molecule has 9 heteroatoms. The molecular formula is C15H11F3N2O2S2. The molecule has 0 bridgehead atoms. The molecule has 0 radical (unpaired) electrons. The Kier molecular flexibility index (Phi) is 4.22. The minimum Gasteiger partial charge on any atom is -0.462 e. The number of fused-ring (bicyclic) bond motifs is 1. The van der Waals surface area contributed by atoms with Crippen molar-refractivity contribution in [3.8, 4) is 10.6 Å². The largest absolute Gasteiger partial charge is 0.462 e. The van der Waals surface area contributed by atoms with E-state index in [1.165, 1.54) is 11.3 Å². The molecule has 0 aliphatic heterocycles. The molecule has 0 aromatic carbocycles. The Bertz CT molecular complexity index is 902. The second-order valence-electron chi connectivity index (χ2n) is 4.78. The van der Waals surface area contributed by atoms with E-state index in [9.17, 15) is 18.0 Å². The van der Waals surface area contributed by atoms with Crippen molar-refractivity contribution in [2.45, 2.75) is 13.1 Å². The smallest absolute Gasteiger partial charge is 0.417 e. The zero-order chi connectivity index (χ0) is 17.5. The number of thiophene rings is 2. The molecule has 24 heavy (non-hydrogen) atoms. The lowest BCUT2D eigenvalue weighted by Crippen LogP contribution is -2.08. The molecule has 0 spiro atoms. The van der Waals surface area contributed by atoms with Crippen LogP contribution in [0, 0.1) is 0 Å². The first-order valence-corrected chi connectivity index (χ1v) is 8.53. The molecular weight excluding hydrogens is 361 g/mol. The summed E-state index contributed by atoms with van der Waals surface area (Å²) in [6.45, 7) is 1.71. The van der Waals surface area contributed by atoms with E-state index in [0.717, 1.165) is 17.4 Å². The summed E-state index contributed by atoms with van der Waals surface area (Å²) >= 11 is 2.09. The summed E-state index contributed by atoms with van der Waals surface area (Å²) in [7, 11) is 0. The molecule has 0 saturated carbocycles. The van der Waals surface area contributed by atoms with E-state index in [4.69, 9.17) is 10.5 Å². The van der Waals surface area contributed by atoms with Gasteiger partial charge in [-0.15, -0.1) is 22.7 Å². The monoisotopic (exact) mass is 372 g/mol. The predicted octanol–water partition coefficient (Wildman–Crippen LogP) is 4.80. The highest BCUT2D eigenvalue weighted by molar-refractivity contribution is 7.21. The van der Waals surface area contributed by atoms with Gasteiger partial charge >= 0.3 is 12.1 Å². The van der Waals surface area contributed by atoms with Gasteiger partial charge in [0.2, 0.25) is 0 Å². The van der Waals surface area contributed by atoms with Gasteiger partial charge in [-0.2, -0.15) is 13.2 Å². The lowest BCUT2D eigenvalue weighted by molar-refractivity contribution is -0.136. The SMILES string of the molecule is CCOC(=O)c1sc2nc(-c3cccs3)cc(C(F)(F)F)c2c1N. The van der Waals surface area contributed by atoms with Crippen LogP contribution in [0.4, 0.5) is 18.9 Å². The van der Waals surface area contributed by atoms with Gasteiger partial charge in [0.15, 0.2) is 0 Å². The van der Waals surface area contributed by atoms with Crippen molar-refractivity contribution in [3.05, 3.63) is 34.0 Å². The van der Waals surface area contributed by atoms with Gasteiger partial charge in [-0.1, -0.05) is 6.07 Å². The molecule has 2 N–H and O–H groups in total. The van der Waals surface area contributed by atoms with Crippen molar-refractivity contribution in [3.63, 3.8) is 0 Å². The number of halogens is 3. The number of hydrogen-bond acceptors (Lipinski definition) is 6. The first-order valence-electron chi connectivity index (χ1n) is 6.84. The second kappa shape index (κ2) is 6.06. The molecule has 4 nitrogen and oxygen atoms in total. The lowest BCUT2D eigenvalue weighted by atomic mass is 10.1. The standard InChI is InChI=1S/C15H11F3N2O2S2/c1-2-22-14(21)12-11(19)10-7(15(16,17)18)6-8(20-13(10)24-12)9-4-3-5-23-9/h3-6H,2,19H2,1H3. The molecule has 0 fully saturated rings. The van der Waals surface area contributed by atoms with E-state index >= 15 is 0 Å². The van der Waals surface area contributed by atoms with E-state index in [1.807, 2.05) is 0 Å². The molecule has 0 unspecified atom stereocenters. The van der Waals surface area contributed by atoms with Gasteiger partial charge in [0.05, 0.1) is 28.4 Å². The third kappa shape index (κ3) is 2.84. The van der Waals surface area contributed by atoms with E-state index in [0.29, 0.717) is 4.88 Å². The van der Waals surface area contributed by atoms with E-state index < -0.39 is 17.7 Å². The average Bonchev–Trinajstić information content (AvgIpc) is 3.14. The highest BCUT2D eigenvalue weighted by Crippen LogP contribution is 2.44. The van der Waals surface area contributed by atoms with E-state index in [2.05, 4.69) is 4.98 Å². The molecule has 3 rings (SSSR count). The van der Waals surface area contributed by atoms with Crippen LogP contribution in [0.25, 0.3) is 20.8 Å². The Hall–Kier alpha value is -2.13. The summed E-state index contributed by atoms with van der Waals surface area (Å²) in [4.78, 5) is 16.8. The Morgan fingerprint density at radius 3 is 2.75 bits per heavy atom. The fourth-order valence-corrected chi connectivity index (χ4v) is 3.94. The fourth-order valence-electron chi connectivity index (χ4n) is 2.24. The number of esters is 1. The number of nitrogens with two attached hydrogens (primary N) is 1. The number of anilines is 1. The first-order chi connectivity index (χ1) is 11.3. The van der Waals surface area contributed by atoms with Gasteiger partial charge in [0, 0.05) is 5.39 Å². The van der Waals surface area contributed by atoms with Gasteiger partial charge in [-0.25, -0.2) is 9.78 Å². The van der Waals surface area contributed by atoms with Crippen LogP contribution in [-0.2, 0) is 10.9 Å². The minimum absolute atomic E-state index is 0.0619. The molecule has 3 aromatic heterocycles. The van der Waals surface area contributed by atoms with Crippen LogP contribution in [-0.4, -0.2) is 17.6 Å². The summed E-state index contributed by atoms with van der Waals surface area (Å²) in [6, 6.07) is 4.38. The summed E-state index contributed by atoms with van der Waals surface area (Å²) < 4.78 is 45.3. The molecule has 0 atom stereocenters. The van der Waals surface area contributed by atoms with Crippen LogP contribution in [0.1, 0.15) is 22.2 Å². The van der Waals surface area contributed by atoms with Gasteiger partial charge in [0.25, 0.3) is 0 Å². The van der Waals surface area contributed by atoms with Gasteiger partial charge < -0.3 is 10.5 Å². The van der Waals surface area contributed by atoms with Crippen LogP contribution in [0.3, 0.4) is 0 Å². The van der Waals surface area contributed by atoms with Crippen molar-refractivity contribution in [2.75, 3.05) is 12.3 Å². The van der Waals surface area contributed by atoms with Gasteiger partial charge in [0.1, 0.15) is 9.71 Å². The highest BCUT2D eigenvalue weighted by Gasteiger charge is 2.36. The third-order valence-electron chi connectivity index (χ3n) is 3.24. The van der Waals surface area contributed by atoms with Gasteiger partial charge in [-0.3, -0.25) is 0 Å². The fraction of sp³-hybridized carbons (Fsp3) is 0.200. The number of carbonyl (C=O) groups excluding carboxylic acids is 1. The molecule has 0 aliphatic carbocycles. The summed E-state index contributed by atoms with van der Waals surface area (Å²) in [5.74, 6) is -0.746. The summed E-state index contributed by atoms with van der Waals surface area (Å²) in [5, 5.41) is 1.50. The van der Waals surface area contributed by atoms with Crippen LogP contribution in [0.15, 0.2) is 23.6 Å². The predicted molar refractivity (Wildman–Crippen MR) is 88.3 cm³/mol. The van der Waals surface area contributed by atoms with Crippen LogP contribution >= 0.6 is 22.7 Å². The normalized spacial score (nSPS) is 11.8. The van der Waals surface area contributed by atoms with Crippen LogP contribution in [0.5, 0.6) is 0 Å². The molecule has 0 saturated heterocycles. The maximum atomic E-state index is 13.5. The topological polar surface area (TPSA) is 65.2 Å². The van der Waals surface area contributed by atoms with Crippen molar-refractivity contribution >= 4 is 44.5 Å². The number of ether oxygens (including phenoxy) is 1. The molecule has 0 amide bonds. The van der Waals surface area contributed by atoms with Gasteiger partial charge in [-0.05, 0) is 24.4 Å². The quantitative estimate of drug-likeness (QED) is 0.671. The first kappa shape index (κ1) is 16.7. The summed E-state index contributed by atoms with van der Waals surface area (Å²) in [6.07, 6.45) is -4.62. The molecule has 3 heterocycles. The van der Waals surface area contributed by atoms with Crippen molar-refractivity contribution < 1.29 is 22.7 Å². The maximum absolute atomic E-state index is 13.5. The Morgan fingerprint density at radius 1 is 1.42 bits per heavy atom. The number of aromatic nitrogens is 1. The Morgan fingerprint density at radius 2 is 2.17 bits per heavy atom. The molecule has 126 valence electrons. The second-order valence-corrected chi connectivity index (χ2v) is 6.72. The van der Waals surface area contributed by atoms with Crippen molar-refractivity contribution in [1.29, 1.82) is 0 Å². The number of hydrogen-bond donors (Lipinski definition) is 1. The minimum atomic E-state index is -4.62. The Balaban J connectivity index is 2.29. The zero-order valence-corrected chi connectivity index (χ0v) is 13.9. The number of carbonyl (C=O) groups is 1. The van der Waals surface area contributed by atoms with Crippen molar-refractivity contribution in [1.82, 2.24) is 4.98 Å². The number of nitrogens with zero attached hydrogens (tertiary/aromatic N) is 1. The maximum Gasteiger partial charge on any atom is 0.417 e. The highest BCUT2D eigenvalue weighted by atomic mass is 32.1. The molecule has 3 aromatic rings.